The van der Waals surface area contributed by atoms with Crippen molar-refractivity contribution in [3.05, 3.63) is 46.8 Å². The van der Waals surface area contributed by atoms with Gasteiger partial charge in [-0.15, -0.1) is 0 Å². The lowest BCUT2D eigenvalue weighted by molar-refractivity contribution is -0.134. The molecule has 1 aliphatic heterocycles. The van der Waals surface area contributed by atoms with Crippen molar-refractivity contribution < 1.29 is 19.8 Å². The Labute approximate surface area is 129 Å². The van der Waals surface area contributed by atoms with E-state index in [1.807, 2.05) is 0 Å². The molecular weight excluding hydrogens is 282 g/mol. The number of aliphatic carboxylic acids is 2. The van der Waals surface area contributed by atoms with Gasteiger partial charge in [0.2, 0.25) is 0 Å². The number of carbonyl (C=O) groups is 2. The molecule has 116 valence electrons. The van der Waals surface area contributed by atoms with Crippen LogP contribution in [0.1, 0.15) is 27.2 Å². The summed E-state index contributed by atoms with van der Waals surface area (Å²) >= 11 is 0. The number of hydrogen-bond donors (Lipinski definition) is 3. The SMILES string of the molecule is CCC1C(C(=O)O)=C(C)NC(C)=C1C(=O)O.c1cc2ccc1-2. The van der Waals surface area contributed by atoms with Gasteiger partial charge >= 0.3 is 11.9 Å². The number of fused-ring (bicyclic) bond motifs is 1. The van der Waals surface area contributed by atoms with Crippen LogP contribution in [0.15, 0.2) is 46.8 Å². The fraction of sp³-hybridized carbons (Fsp3) is 0.294. The Bertz CT molecular complexity index is 626. The van der Waals surface area contributed by atoms with Crippen molar-refractivity contribution in [3.63, 3.8) is 0 Å². The molecular formula is C17H19NO4. The van der Waals surface area contributed by atoms with E-state index in [-0.39, 0.29) is 11.1 Å². The molecule has 3 aliphatic rings. The fourth-order valence-electron chi connectivity index (χ4n) is 2.77. The van der Waals surface area contributed by atoms with E-state index in [0.29, 0.717) is 17.8 Å². The highest BCUT2D eigenvalue weighted by Crippen LogP contribution is 2.32. The summed E-state index contributed by atoms with van der Waals surface area (Å²) in [6.45, 7) is 5.07. The predicted molar refractivity (Wildman–Crippen MR) is 83.0 cm³/mol. The first-order valence-electron chi connectivity index (χ1n) is 7.12. The van der Waals surface area contributed by atoms with Crippen LogP contribution < -0.4 is 5.32 Å². The van der Waals surface area contributed by atoms with E-state index in [4.69, 9.17) is 10.2 Å². The average molecular weight is 301 g/mol. The van der Waals surface area contributed by atoms with E-state index < -0.39 is 17.9 Å². The quantitative estimate of drug-likeness (QED) is 0.811. The Morgan fingerprint density at radius 2 is 1.32 bits per heavy atom. The van der Waals surface area contributed by atoms with E-state index in [0.717, 1.165) is 0 Å². The second-order valence-corrected chi connectivity index (χ2v) is 5.35. The van der Waals surface area contributed by atoms with E-state index in [9.17, 15) is 9.59 Å². The van der Waals surface area contributed by atoms with Gasteiger partial charge in [0.05, 0.1) is 11.1 Å². The first-order valence-corrected chi connectivity index (χ1v) is 7.12. The zero-order chi connectivity index (χ0) is 16.4. The lowest BCUT2D eigenvalue weighted by Crippen LogP contribution is -2.31. The number of benzene rings is 1. The largest absolute Gasteiger partial charge is 0.478 e. The topological polar surface area (TPSA) is 86.6 Å². The molecule has 3 rings (SSSR count). The van der Waals surface area contributed by atoms with Crippen LogP contribution in [0.5, 0.6) is 0 Å². The number of hydrogen-bond acceptors (Lipinski definition) is 3. The Morgan fingerprint density at radius 3 is 1.50 bits per heavy atom. The Balaban J connectivity index is 0.000000238. The van der Waals surface area contributed by atoms with Crippen LogP contribution in [0.3, 0.4) is 0 Å². The number of carboxylic acid groups (broad SMARTS) is 2. The van der Waals surface area contributed by atoms with Crippen molar-refractivity contribution in [3.8, 4) is 11.1 Å². The first kappa shape index (κ1) is 15.8. The normalized spacial score (nSPS) is 15.8. The van der Waals surface area contributed by atoms with Gasteiger partial charge in [0.25, 0.3) is 0 Å². The van der Waals surface area contributed by atoms with Gasteiger partial charge in [0, 0.05) is 17.3 Å². The van der Waals surface area contributed by atoms with Gasteiger partial charge in [-0.1, -0.05) is 31.2 Å². The van der Waals surface area contributed by atoms with Gasteiger partial charge in [-0.2, -0.15) is 0 Å². The van der Waals surface area contributed by atoms with E-state index in [2.05, 4.69) is 29.6 Å². The molecule has 0 fully saturated rings. The van der Waals surface area contributed by atoms with Gasteiger partial charge in [-0.25, -0.2) is 9.59 Å². The Hall–Kier alpha value is -2.56. The molecule has 0 atom stereocenters. The average Bonchev–Trinajstić information content (AvgIpc) is 2.41. The smallest absolute Gasteiger partial charge is 0.333 e. The van der Waals surface area contributed by atoms with Gasteiger partial charge in [-0.3, -0.25) is 0 Å². The minimum Gasteiger partial charge on any atom is -0.478 e. The fourth-order valence-corrected chi connectivity index (χ4v) is 2.77. The lowest BCUT2D eigenvalue weighted by Gasteiger charge is -2.27. The van der Waals surface area contributed by atoms with E-state index >= 15 is 0 Å². The minimum absolute atomic E-state index is 0.144. The Morgan fingerprint density at radius 1 is 0.955 bits per heavy atom. The highest BCUT2D eigenvalue weighted by molar-refractivity contribution is 5.96. The maximum absolute atomic E-state index is 11.1. The summed E-state index contributed by atoms with van der Waals surface area (Å²) < 4.78 is 0. The number of nitrogens with one attached hydrogen (secondary N) is 1. The highest BCUT2D eigenvalue weighted by Gasteiger charge is 2.33. The first-order chi connectivity index (χ1) is 10.4. The van der Waals surface area contributed by atoms with Crippen LogP contribution in [0.25, 0.3) is 11.1 Å². The van der Waals surface area contributed by atoms with Gasteiger partial charge in [-0.05, 0) is 31.4 Å². The summed E-state index contributed by atoms with van der Waals surface area (Å²) in [5.41, 5.74) is 4.17. The van der Waals surface area contributed by atoms with Crippen molar-refractivity contribution >= 4 is 11.9 Å². The van der Waals surface area contributed by atoms with Crippen molar-refractivity contribution in [1.29, 1.82) is 0 Å². The molecule has 0 spiro atoms. The van der Waals surface area contributed by atoms with Gasteiger partial charge in [0.15, 0.2) is 0 Å². The third kappa shape index (κ3) is 2.74. The molecule has 0 aromatic carbocycles. The summed E-state index contributed by atoms with van der Waals surface area (Å²) in [4.78, 5) is 22.2. The molecule has 0 unspecified atom stereocenters. The summed E-state index contributed by atoms with van der Waals surface area (Å²) in [5.74, 6) is -2.68. The second-order valence-electron chi connectivity index (χ2n) is 5.35. The van der Waals surface area contributed by atoms with Gasteiger partial charge in [0.1, 0.15) is 0 Å². The number of allylic oxidation sites excluding steroid dienone is 2. The maximum atomic E-state index is 11.1. The number of dihydropyridines is 1. The Kier molecular flexibility index (Phi) is 4.35. The van der Waals surface area contributed by atoms with Crippen LogP contribution in [0.4, 0.5) is 0 Å². The lowest BCUT2D eigenvalue weighted by atomic mass is 9.84. The number of rotatable bonds is 3. The predicted octanol–water partition coefficient (Wildman–Crippen LogP) is 3.00. The molecule has 5 heteroatoms. The van der Waals surface area contributed by atoms with Crippen molar-refractivity contribution in [2.24, 2.45) is 5.92 Å². The van der Waals surface area contributed by atoms with Crippen molar-refractivity contribution in [1.82, 2.24) is 5.32 Å². The molecule has 0 saturated heterocycles. The van der Waals surface area contributed by atoms with Crippen LogP contribution in [0.2, 0.25) is 0 Å². The molecule has 0 radical (unpaired) electrons. The third-order valence-corrected chi connectivity index (χ3v) is 3.97. The summed E-state index contributed by atoms with van der Waals surface area (Å²) in [6, 6.07) is 8.48. The monoisotopic (exact) mass is 301 g/mol. The molecule has 3 N–H and O–H groups in total. The van der Waals surface area contributed by atoms with Crippen LogP contribution in [-0.4, -0.2) is 22.2 Å². The standard InChI is InChI=1S/C11H15NO4.C6H4/c1-4-7-8(10(13)14)5(2)12-6(3)9(7)11(15)16;1-2-6-4-3-5(1)6/h7,12H,4H2,1-3H3,(H,13,14)(H,15,16);1-4H. The number of carboxylic acids is 2. The molecule has 22 heavy (non-hydrogen) atoms. The van der Waals surface area contributed by atoms with Crippen molar-refractivity contribution in [2.75, 3.05) is 0 Å². The summed E-state index contributed by atoms with van der Waals surface area (Å²) in [5, 5.41) is 21.0. The minimum atomic E-state index is -1.07. The van der Waals surface area contributed by atoms with Crippen LogP contribution in [-0.2, 0) is 9.59 Å². The van der Waals surface area contributed by atoms with Crippen LogP contribution in [0, 0.1) is 5.92 Å². The molecule has 2 aliphatic carbocycles. The molecule has 0 aromatic rings. The van der Waals surface area contributed by atoms with Gasteiger partial charge < -0.3 is 15.5 Å². The highest BCUT2D eigenvalue weighted by atomic mass is 16.4. The molecule has 0 amide bonds. The summed E-state index contributed by atoms with van der Waals surface area (Å²) in [6.07, 6.45) is 0.458. The van der Waals surface area contributed by atoms with E-state index in [1.54, 1.807) is 20.8 Å². The van der Waals surface area contributed by atoms with Crippen molar-refractivity contribution in [2.45, 2.75) is 27.2 Å². The third-order valence-electron chi connectivity index (χ3n) is 3.97. The molecule has 0 saturated carbocycles. The van der Waals surface area contributed by atoms with E-state index in [1.165, 1.54) is 11.1 Å². The molecule has 5 nitrogen and oxygen atoms in total. The second kappa shape index (κ2) is 6.05. The summed E-state index contributed by atoms with van der Waals surface area (Å²) in [7, 11) is 0. The molecule has 0 bridgehead atoms. The zero-order valence-corrected chi connectivity index (χ0v) is 12.8. The zero-order valence-electron chi connectivity index (χ0n) is 12.8. The molecule has 1 heterocycles. The maximum Gasteiger partial charge on any atom is 0.333 e. The van der Waals surface area contributed by atoms with Crippen LogP contribution >= 0.6 is 0 Å². The molecule has 0 aromatic heterocycles.